The molecule has 1 amide bonds. The summed E-state index contributed by atoms with van der Waals surface area (Å²) in [5.74, 6) is -0.145. The van der Waals surface area contributed by atoms with Gasteiger partial charge in [-0.2, -0.15) is 0 Å². The summed E-state index contributed by atoms with van der Waals surface area (Å²) in [6, 6.07) is 9.20. The Morgan fingerprint density at radius 2 is 1.91 bits per heavy atom. The quantitative estimate of drug-likeness (QED) is 0.742. The molecule has 1 atom stereocenters. The first-order valence-corrected chi connectivity index (χ1v) is 9.41. The van der Waals surface area contributed by atoms with Crippen LogP contribution >= 0.6 is 0 Å². The van der Waals surface area contributed by atoms with Gasteiger partial charge in [0.15, 0.2) is 15.6 Å². The molecule has 1 aliphatic heterocycles. The molecule has 2 rings (SSSR count). The van der Waals surface area contributed by atoms with E-state index in [4.69, 9.17) is 0 Å². The summed E-state index contributed by atoms with van der Waals surface area (Å²) < 4.78 is 22.9. The van der Waals surface area contributed by atoms with Crippen molar-refractivity contribution in [3.63, 3.8) is 0 Å². The van der Waals surface area contributed by atoms with Crippen molar-refractivity contribution < 1.29 is 18.0 Å². The first-order chi connectivity index (χ1) is 10.9. The molecular weight excluding hydrogens is 314 g/mol. The van der Waals surface area contributed by atoms with Crippen LogP contribution in [0.1, 0.15) is 24.8 Å². The number of amides is 1. The normalized spacial score (nSPS) is 19.8. The molecular formula is C17H21NO4S. The number of carbonyl (C=O) groups is 2. The summed E-state index contributed by atoms with van der Waals surface area (Å²) in [5.41, 5.74) is 0.931. The maximum absolute atomic E-state index is 12.1. The largest absolute Gasteiger partial charge is 0.342 e. The van der Waals surface area contributed by atoms with Gasteiger partial charge in [0, 0.05) is 25.9 Å². The number of hydrogen-bond acceptors (Lipinski definition) is 4. The van der Waals surface area contributed by atoms with Crippen LogP contribution in [0.3, 0.4) is 0 Å². The lowest BCUT2D eigenvalue weighted by Crippen LogP contribution is -2.37. The minimum absolute atomic E-state index is 0.0249. The molecule has 23 heavy (non-hydrogen) atoms. The first-order valence-electron chi connectivity index (χ1n) is 7.59. The van der Waals surface area contributed by atoms with Crippen molar-refractivity contribution in [1.82, 2.24) is 4.90 Å². The van der Waals surface area contributed by atoms with Gasteiger partial charge in [-0.25, -0.2) is 8.42 Å². The van der Waals surface area contributed by atoms with Gasteiger partial charge in [0.25, 0.3) is 0 Å². The number of allylic oxidation sites excluding steroid dienone is 1. The zero-order valence-electron chi connectivity index (χ0n) is 13.1. The van der Waals surface area contributed by atoms with Gasteiger partial charge >= 0.3 is 0 Å². The summed E-state index contributed by atoms with van der Waals surface area (Å²) in [7, 11) is -1.41. The fraction of sp³-hybridized carbons (Fsp3) is 0.412. The smallest absolute Gasteiger partial charge is 0.223 e. The van der Waals surface area contributed by atoms with Crippen molar-refractivity contribution in [2.75, 3.05) is 18.6 Å². The highest BCUT2D eigenvalue weighted by atomic mass is 32.2. The Morgan fingerprint density at radius 3 is 2.52 bits per heavy atom. The third-order valence-corrected chi connectivity index (χ3v) is 5.75. The van der Waals surface area contributed by atoms with Crippen LogP contribution in [0.25, 0.3) is 6.08 Å². The van der Waals surface area contributed by atoms with E-state index in [1.54, 1.807) is 13.1 Å². The molecule has 1 unspecified atom stereocenters. The number of hydrogen-bond donors (Lipinski definition) is 0. The topological polar surface area (TPSA) is 71.5 Å². The van der Waals surface area contributed by atoms with E-state index in [1.165, 1.54) is 11.0 Å². The summed E-state index contributed by atoms with van der Waals surface area (Å²) in [6.45, 7) is 0. The molecule has 0 radical (unpaired) electrons. The summed E-state index contributed by atoms with van der Waals surface area (Å²) >= 11 is 0. The Labute approximate surface area is 136 Å². The molecule has 0 bridgehead atoms. The summed E-state index contributed by atoms with van der Waals surface area (Å²) in [6.07, 6.45) is 3.91. The van der Waals surface area contributed by atoms with Crippen molar-refractivity contribution >= 4 is 27.6 Å². The predicted molar refractivity (Wildman–Crippen MR) is 89.5 cm³/mol. The molecule has 124 valence electrons. The van der Waals surface area contributed by atoms with E-state index >= 15 is 0 Å². The van der Waals surface area contributed by atoms with Crippen molar-refractivity contribution in [1.29, 1.82) is 0 Å². The van der Waals surface area contributed by atoms with Gasteiger partial charge in [0.1, 0.15) is 0 Å². The number of ketones is 1. The fourth-order valence-corrected chi connectivity index (χ4v) is 4.30. The monoisotopic (exact) mass is 335 g/mol. The van der Waals surface area contributed by atoms with E-state index in [9.17, 15) is 18.0 Å². The van der Waals surface area contributed by atoms with Crippen molar-refractivity contribution in [3.05, 3.63) is 42.0 Å². The Kier molecular flexibility index (Phi) is 5.71. The van der Waals surface area contributed by atoms with Gasteiger partial charge in [-0.1, -0.05) is 36.4 Å². The zero-order valence-corrected chi connectivity index (χ0v) is 14.0. The number of nitrogens with zero attached hydrogens (tertiary/aromatic N) is 1. The zero-order chi connectivity index (χ0) is 16.9. The predicted octanol–water partition coefficient (Wildman–Crippen LogP) is 1.69. The number of benzene rings is 1. The Balaban J connectivity index is 1.80. The van der Waals surface area contributed by atoms with E-state index in [0.29, 0.717) is 6.42 Å². The van der Waals surface area contributed by atoms with Gasteiger partial charge in [0.05, 0.1) is 11.5 Å². The molecule has 6 heteroatoms. The van der Waals surface area contributed by atoms with Crippen molar-refractivity contribution in [2.45, 2.75) is 25.3 Å². The summed E-state index contributed by atoms with van der Waals surface area (Å²) in [4.78, 5) is 25.4. The van der Waals surface area contributed by atoms with E-state index in [0.717, 1.165) is 5.56 Å². The molecule has 1 aliphatic rings. The van der Waals surface area contributed by atoms with Crippen LogP contribution in [0.4, 0.5) is 0 Å². The molecule has 1 aromatic carbocycles. The molecule has 0 N–H and O–H groups in total. The van der Waals surface area contributed by atoms with Crippen LogP contribution < -0.4 is 0 Å². The molecule has 5 nitrogen and oxygen atoms in total. The fourth-order valence-electron chi connectivity index (χ4n) is 2.53. The standard InChI is InChI=1S/C17H21NO4S/c1-18(15-11-12-23(21,22)13-15)17(20)10-9-16(19)8-7-14-5-3-2-4-6-14/h2-8,15H,9-13H2,1H3/b8-7+. The molecule has 0 saturated carbocycles. The third kappa shape index (κ3) is 5.32. The highest BCUT2D eigenvalue weighted by Gasteiger charge is 2.32. The Morgan fingerprint density at radius 1 is 1.22 bits per heavy atom. The molecule has 0 aromatic heterocycles. The number of sulfone groups is 1. The third-order valence-electron chi connectivity index (χ3n) is 4.00. The van der Waals surface area contributed by atoms with Crippen LogP contribution in [0.5, 0.6) is 0 Å². The van der Waals surface area contributed by atoms with Gasteiger partial charge in [-0.3, -0.25) is 9.59 Å². The van der Waals surface area contributed by atoms with Crippen molar-refractivity contribution in [2.24, 2.45) is 0 Å². The molecule has 1 fully saturated rings. The summed E-state index contributed by atoms with van der Waals surface area (Å²) in [5, 5.41) is 0. The lowest BCUT2D eigenvalue weighted by Gasteiger charge is -2.23. The first kappa shape index (κ1) is 17.4. The minimum Gasteiger partial charge on any atom is -0.342 e. The highest BCUT2D eigenvalue weighted by Crippen LogP contribution is 2.17. The van der Waals surface area contributed by atoms with E-state index in [-0.39, 0.29) is 42.1 Å². The number of rotatable bonds is 6. The molecule has 1 heterocycles. The Bertz CT molecular complexity index is 695. The van der Waals surface area contributed by atoms with Crippen LogP contribution in [-0.4, -0.2) is 49.6 Å². The van der Waals surface area contributed by atoms with Gasteiger partial charge in [-0.15, -0.1) is 0 Å². The molecule has 1 aromatic rings. The maximum atomic E-state index is 12.1. The van der Waals surface area contributed by atoms with E-state index in [2.05, 4.69) is 0 Å². The highest BCUT2D eigenvalue weighted by molar-refractivity contribution is 7.91. The number of carbonyl (C=O) groups excluding carboxylic acids is 2. The second-order valence-corrected chi connectivity index (χ2v) is 8.00. The SMILES string of the molecule is CN(C(=O)CCC(=O)/C=C/c1ccccc1)C1CCS(=O)(=O)C1. The molecule has 1 saturated heterocycles. The second kappa shape index (κ2) is 7.55. The van der Waals surface area contributed by atoms with Gasteiger partial charge < -0.3 is 4.90 Å². The van der Waals surface area contributed by atoms with Crippen LogP contribution in [0.2, 0.25) is 0 Å². The van der Waals surface area contributed by atoms with Crippen LogP contribution in [0.15, 0.2) is 36.4 Å². The van der Waals surface area contributed by atoms with E-state index in [1.807, 2.05) is 30.3 Å². The van der Waals surface area contributed by atoms with Crippen molar-refractivity contribution in [3.8, 4) is 0 Å². The minimum atomic E-state index is -3.02. The van der Waals surface area contributed by atoms with Gasteiger partial charge in [-0.05, 0) is 18.1 Å². The lowest BCUT2D eigenvalue weighted by molar-refractivity contribution is -0.133. The van der Waals surface area contributed by atoms with Crippen LogP contribution in [-0.2, 0) is 19.4 Å². The van der Waals surface area contributed by atoms with Gasteiger partial charge in [0.2, 0.25) is 5.91 Å². The average molecular weight is 335 g/mol. The van der Waals surface area contributed by atoms with E-state index < -0.39 is 9.84 Å². The average Bonchev–Trinajstić information content (AvgIpc) is 2.90. The molecule has 0 spiro atoms. The Hall–Kier alpha value is -1.95. The van der Waals surface area contributed by atoms with Crippen LogP contribution in [0, 0.1) is 0 Å². The maximum Gasteiger partial charge on any atom is 0.223 e. The lowest BCUT2D eigenvalue weighted by atomic mass is 10.1. The second-order valence-electron chi connectivity index (χ2n) is 5.77. The molecule has 0 aliphatic carbocycles.